The van der Waals surface area contributed by atoms with Crippen LogP contribution in [0.2, 0.25) is 0 Å². The van der Waals surface area contributed by atoms with E-state index >= 15 is 0 Å². The van der Waals surface area contributed by atoms with Crippen molar-refractivity contribution in [3.8, 4) is 11.5 Å². The third-order valence-electron chi connectivity index (χ3n) is 4.99. The number of fused-ring (bicyclic) bond motifs is 1. The number of hydrogen-bond donors (Lipinski definition) is 1. The summed E-state index contributed by atoms with van der Waals surface area (Å²) in [4.78, 5) is 12.9. The second kappa shape index (κ2) is 6.79. The van der Waals surface area contributed by atoms with Gasteiger partial charge in [-0.05, 0) is 32.9 Å². The predicted octanol–water partition coefficient (Wildman–Crippen LogP) is 4.38. The average Bonchev–Trinajstić information content (AvgIpc) is 2.89. The molecular formula is C21H25NO3. The minimum absolute atomic E-state index is 0.0817. The zero-order valence-electron chi connectivity index (χ0n) is 15.4. The summed E-state index contributed by atoms with van der Waals surface area (Å²) in [7, 11) is 1.64. The summed E-state index contributed by atoms with van der Waals surface area (Å²) in [6, 6.07) is 11.6. The van der Waals surface area contributed by atoms with Crippen molar-refractivity contribution in [2.75, 3.05) is 7.11 Å². The number of ether oxygens (including phenoxy) is 2. The molecule has 1 aliphatic heterocycles. The average molecular weight is 339 g/mol. The van der Waals surface area contributed by atoms with Gasteiger partial charge in [0.1, 0.15) is 17.6 Å². The summed E-state index contributed by atoms with van der Waals surface area (Å²) in [6.45, 7) is 8.15. The molecule has 0 saturated carbocycles. The van der Waals surface area contributed by atoms with Crippen molar-refractivity contribution in [2.45, 2.75) is 45.8 Å². The predicted molar refractivity (Wildman–Crippen MR) is 98.6 cm³/mol. The maximum Gasteiger partial charge on any atom is 0.255 e. The summed E-state index contributed by atoms with van der Waals surface area (Å²) < 4.78 is 11.4. The fourth-order valence-corrected chi connectivity index (χ4v) is 3.31. The van der Waals surface area contributed by atoms with E-state index in [4.69, 9.17) is 9.47 Å². The Kier molecular flexibility index (Phi) is 4.71. The van der Waals surface area contributed by atoms with Gasteiger partial charge in [0.15, 0.2) is 0 Å². The molecule has 1 heterocycles. The van der Waals surface area contributed by atoms with Gasteiger partial charge in [0, 0.05) is 17.0 Å². The first-order valence-electron chi connectivity index (χ1n) is 8.67. The molecule has 0 fully saturated rings. The van der Waals surface area contributed by atoms with E-state index in [1.54, 1.807) is 7.11 Å². The fraction of sp³-hybridized carbons (Fsp3) is 0.381. The Morgan fingerprint density at radius 2 is 2.00 bits per heavy atom. The lowest BCUT2D eigenvalue weighted by atomic mass is 9.96. The molecule has 1 amide bonds. The number of para-hydroxylation sites is 1. The number of benzene rings is 2. The summed E-state index contributed by atoms with van der Waals surface area (Å²) in [5.41, 5.74) is 3.78. The number of methoxy groups -OCH3 is 1. The van der Waals surface area contributed by atoms with Crippen molar-refractivity contribution in [1.82, 2.24) is 5.32 Å². The fourth-order valence-electron chi connectivity index (χ4n) is 3.31. The normalized spacial score (nSPS) is 19.7. The highest BCUT2D eigenvalue weighted by Gasteiger charge is 2.31. The minimum atomic E-state index is -0.172. The zero-order chi connectivity index (χ0) is 18.1. The van der Waals surface area contributed by atoms with Gasteiger partial charge in [-0.3, -0.25) is 4.79 Å². The molecule has 3 unspecified atom stereocenters. The van der Waals surface area contributed by atoms with Gasteiger partial charge in [-0.1, -0.05) is 36.8 Å². The smallest absolute Gasteiger partial charge is 0.255 e. The maximum atomic E-state index is 12.9. The first kappa shape index (κ1) is 17.3. The molecular weight excluding hydrogens is 314 g/mol. The van der Waals surface area contributed by atoms with Gasteiger partial charge in [-0.25, -0.2) is 0 Å². The molecule has 3 rings (SSSR count). The SMILES string of the molecule is COc1ccc(C)cc1C(C)NC(=O)c1cccc2c1OC(C)C2C. The number of nitrogens with one attached hydrogen (secondary N) is 1. The number of hydrogen-bond acceptors (Lipinski definition) is 3. The van der Waals surface area contributed by atoms with Gasteiger partial charge in [-0.15, -0.1) is 0 Å². The number of carbonyl (C=O) groups excluding carboxylic acids is 1. The quantitative estimate of drug-likeness (QED) is 0.899. The van der Waals surface area contributed by atoms with Gasteiger partial charge in [-0.2, -0.15) is 0 Å². The first-order chi connectivity index (χ1) is 11.9. The van der Waals surface area contributed by atoms with Crippen LogP contribution in [-0.2, 0) is 0 Å². The molecule has 0 bridgehead atoms. The van der Waals surface area contributed by atoms with Crippen LogP contribution < -0.4 is 14.8 Å². The van der Waals surface area contributed by atoms with E-state index in [2.05, 4.69) is 12.2 Å². The molecule has 0 radical (unpaired) electrons. The Morgan fingerprint density at radius 1 is 1.24 bits per heavy atom. The van der Waals surface area contributed by atoms with Crippen LogP contribution in [0, 0.1) is 6.92 Å². The van der Waals surface area contributed by atoms with Gasteiger partial charge in [0.25, 0.3) is 5.91 Å². The summed E-state index contributed by atoms with van der Waals surface area (Å²) in [5.74, 6) is 1.64. The van der Waals surface area contributed by atoms with E-state index in [1.807, 2.05) is 57.2 Å². The molecule has 3 atom stereocenters. The molecule has 132 valence electrons. The maximum absolute atomic E-state index is 12.9. The Bertz CT molecular complexity index is 800. The summed E-state index contributed by atoms with van der Waals surface area (Å²) >= 11 is 0. The molecule has 1 N–H and O–H groups in total. The molecule has 1 aliphatic rings. The molecule has 0 saturated heterocycles. The number of amides is 1. The van der Waals surface area contributed by atoms with E-state index in [0.717, 1.165) is 22.4 Å². The molecule has 4 heteroatoms. The Morgan fingerprint density at radius 3 is 2.72 bits per heavy atom. The highest BCUT2D eigenvalue weighted by atomic mass is 16.5. The van der Waals surface area contributed by atoms with Crippen LogP contribution in [0.4, 0.5) is 0 Å². The van der Waals surface area contributed by atoms with Crippen LogP contribution in [0.1, 0.15) is 59.8 Å². The van der Waals surface area contributed by atoms with Crippen LogP contribution in [0.3, 0.4) is 0 Å². The van der Waals surface area contributed by atoms with E-state index in [0.29, 0.717) is 11.3 Å². The second-order valence-electron chi connectivity index (χ2n) is 6.78. The molecule has 2 aromatic rings. The van der Waals surface area contributed by atoms with Crippen molar-refractivity contribution >= 4 is 5.91 Å². The largest absolute Gasteiger partial charge is 0.496 e. The number of aryl methyl sites for hydroxylation is 1. The minimum Gasteiger partial charge on any atom is -0.496 e. The van der Waals surface area contributed by atoms with E-state index < -0.39 is 0 Å². The first-order valence-corrected chi connectivity index (χ1v) is 8.67. The Labute approximate surface area is 149 Å². The van der Waals surface area contributed by atoms with Crippen molar-refractivity contribution < 1.29 is 14.3 Å². The van der Waals surface area contributed by atoms with E-state index in [-0.39, 0.29) is 24.0 Å². The van der Waals surface area contributed by atoms with Crippen molar-refractivity contribution in [3.63, 3.8) is 0 Å². The molecule has 0 aliphatic carbocycles. The standard InChI is InChI=1S/C21H25NO3/c1-12-9-10-19(24-5)18(11-12)14(3)22-21(23)17-8-6-7-16-13(2)15(4)25-20(16)17/h6-11,13-15H,1-5H3,(H,22,23). The summed E-state index contributed by atoms with van der Waals surface area (Å²) in [5, 5.41) is 3.07. The van der Waals surface area contributed by atoms with Crippen LogP contribution in [0.15, 0.2) is 36.4 Å². The van der Waals surface area contributed by atoms with Crippen LogP contribution in [0.25, 0.3) is 0 Å². The van der Waals surface area contributed by atoms with Crippen molar-refractivity contribution in [3.05, 3.63) is 58.7 Å². The van der Waals surface area contributed by atoms with E-state index in [1.165, 1.54) is 0 Å². The topological polar surface area (TPSA) is 47.6 Å². The van der Waals surface area contributed by atoms with Crippen LogP contribution >= 0.6 is 0 Å². The Balaban J connectivity index is 1.86. The molecule has 2 aromatic carbocycles. The Hall–Kier alpha value is -2.49. The van der Waals surface area contributed by atoms with Crippen molar-refractivity contribution in [2.24, 2.45) is 0 Å². The highest BCUT2D eigenvalue weighted by molar-refractivity contribution is 5.98. The van der Waals surface area contributed by atoms with Crippen LogP contribution in [-0.4, -0.2) is 19.1 Å². The number of rotatable bonds is 4. The molecule has 4 nitrogen and oxygen atoms in total. The monoisotopic (exact) mass is 339 g/mol. The summed E-state index contributed by atoms with van der Waals surface area (Å²) in [6.07, 6.45) is 0.0817. The molecule has 0 aromatic heterocycles. The van der Waals surface area contributed by atoms with Gasteiger partial charge >= 0.3 is 0 Å². The lowest BCUT2D eigenvalue weighted by Crippen LogP contribution is -2.27. The van der Waals surface area contributed by atoms with Gasteiger partial charge < -0.3 is 14.8 Å². The molecule has 0 spiro atoms. The van der Waals surface area contributed by atoms with Crippen molar-refractivity contribution in [1.29, 1.82) is 0 Å². The lowest BCUT2D eigenvalue weighted by molar-refractivity contribution is 0.0934. The lowest BCUT2D eigenvalue weighted by Gasteiger charge is -2.19. The van der Waals surface area contributed by atoms with Gasteiger partial charge in [0.2, 0.25) is 0 Å². The highest BCUT2D eigenvalue weighted by Crippen LogP contribution is 2.40. The van der Waals surface area contributed by atoms with Crippen LogP contribution in [0.5, 0.6) is 11.5 Å². The third kappa shape index (κ3) is 3.21. The second-order valence-corrected chi connectivity index (χ2v) is 6.78. The molecule has 25 heavy (non-hydrogen) atoms. The third-order valence-corrected chi connectivity index (χ3v) is 4.99. The van der Waals surface area contributed by atoms with Gasteiger partial charge in [0.05, 0.1) is 18.7 Å². The zero-order valence-corrected chi connectivity index (χ0v) is 15.4. The van der Waals surface area contributed by atoms with E-state index in [9.17, 15) is 4.79 Å². The number of carbonyl (C=O) groups is 1.